The minimum atomic E-state index is -1.93. The van der Waals surface area contributed by atoms with Crippen LogP contribution in [0.2, 0.25) is 17.7 Å². The molecule has 0 aliphatic heterocycles. The summed E-state index contributed by atoms with van der Waals surface area (Å²) < 4.78 is 12.1. The zero-order valence-corrected chi connectivity index (χ0v) is 19.8. The van der Waals surface area contributed by atoms with E-state index in [9.17, 15) is 0 Å². The van der Waals surface area contributed by atoms with Crippen molar-refractivity contribution in [2.75, 3.05) is 0 Å². The zero-order valence-electron chi connectivity index (χ0n) is 16.9. The minimum absolute atomic E-state index is 0.688. The van der Waals surface area contributed by atoms with Crippen LogP contribution >= 0.6 is 0 Å². The van der Waals surface area contributed by atoms with Crippen LogP contribution < -0.4 is 0 Å². The van der Waals surface area contributed by atoms with Gasteiger partial charge in [0, 0.05) is 0 Å². The Kier molecular flexibility index (Phi) is 13.3. The van der Waals surface area contributed by atoms with Crippen molar-refractivity contribution < 1.29 is 4.74 Å². The molecular weight excluding hydrogens is 411 g/mol. The Labute approximate surface area is 161 Å². The topological polar surface area (TPSA) is 9.23 Å². The van der Waals surface area contributed by atoms with Gasteiger partial charge in [0.1, 0.15) is 0 Å². The van der Waals surface area contributed by atoms with Crippen molar-refractivity contribution in [2.45, 2.75) is 90.1 Å². The van der Waals surface area contributed by atoms with Crippen molar-refractivity contribution in [3.63, 3.8) is 0 Å². The SMILES string of the molecule is CCC[CH2][Sn]([CH2]C/C=C/OCc1ccccc1)([CH2]CCC)[CH2]CCC. The normalized spacial score (nSPS) is 12.0. The fourth-order valence-corrected chi connectivity index (χ4v) is 19.6. The van der Waals surface area contributed by atoms with Crippen LogP contribution in [0.25, 0.3) is 0 Å². The van der Waals surface area contributed by atoms with Crippen molar-refractivity contribution in [2.24, 2.45) is 0 Å². The maximum absolute atomic E-state index is 5.72. The van der Waals surface area contributed by atoms with E-state index in [4.69, 9.17) is 4.74 Å². The predicted octanol–water partition coefficient (Wildman–Crippen LogP) is 7.96. The molecule has 0 aromatic heterocycles. The van der Waals surface area contributed by atoms with Gasteiger partial charge in [0.15, 0.2) is 0 Å². The summed E-state index contributed by atoms with van der Waals surface area (Å²) in [4.78, 5) is 0. The van der Waals surface area contributed by atoms with Crippen molar-refractivity contribution in [3.8, 4) is 0 Å². The first kappa shape index (κ1) is 22.6. The van der Waals surface area contributed by atoms with Crippen molar-refractivity contribution in [3.05, 3.63) is 48.2 Å². The Morgan fingerprint density at radius 2 is 1.36 bits per heavy atom. The Hall–Kier alpha value is -0.441. The molecular formula is C23H40OSn. The molecule has 142 valence electrons. The third-order valence-electron chi connectivity index (χ3n) is 5.31. The molecule has 0 unspecified atom stereocenters. The fourth-order valence-electron chi connectivity index (χ4n) is 3.65. The van der Waals surface area contributed by atoms with E-state index in [2.05, 4.69) is 57.2 Å². The molecule has 0 spiro atoms. The molecule has 0 atom stereocenters. The fraction of sp³-hybridized carbons (Fsp3) is 0.652. The van der Waals surface area contributed by atoms with Crippen LogP contribution in [-0.2, 0) is 11.3 Å². The van der Waals surface area contributed by atoms with Crippen LogP contribution in [-0.4, -0.2) is 18.4 Å². The average molecular weight is 451 g/mol. The summed E-state index contributed by atoms with van der Waals surface area (Å²) in [6.07, 6.45) is 14.0. The number of hydrogen-bond donors (Lipinski definition) is 0. The number of rotatable bonds is 15. The van der Waals surface area contributed by atoms with Gasteiger partial charge in [-0.1, -0.05) is 0 Å². The van der Waals surface area contributed by atoms with Gasteiger partial charge in [0.05, 0.1) is 0 Å². The van der Waals surface area contributed by atoms with E-state index >= 15 is 0 Å². The van der Waals surface area contributed by atoms with Crippen molar-refractivity contribution >= 4 is 18.4 Å². The first-order chi connectivity index (χ1) is 12.3. The van der Waals surface area contributed by atoms with E-state index in [0.717, 1.165) is 0 Å². The summed E-state index contributed by atoms with van der Waals surface area (Å²) in [5.74, 6) is 0. The first-order valence-electron chi connectivity index (χ1n) is 10.6. The summed E-state index contributed by atoms with van der Waals surface area (Å²) in [7, 11) is 0. The molecule has 0 aliphatic rings. The zero-order chi connectivity index (χ0) is 18.2. The van der Waals surface area contributed by atoms with Crippen LogP contribution in [0, 0.1) is 0 Å². The molecule has 0 saturated heterocycles. The number of allylic oxidation sites excluding steroid dienone is 1. The standard InChI is InChI=1S/C11H13O.3C4H9.Sn/c1-2-3-9-12-10-11-7-5-4-6-8-11;3*1-3-4-2;/h3-9H,1-2,10H2;3*1,3-4H2,2H3;/b9-3+;;;;. The van der Waals surface area contributed by atoms with E-state index < -0.39 is 18.4 Å². The van der Waals surface area contributed by atoms with Gasteiger partial charge in [-0.05, 0) is 0 Å². The molecule has 0 N–H and O–H groups in total. The second-order valence-corrected chi connectivity index (χ2v) is 21.8. The van der Waals surface area contributed by atoms with Gasteiger partial charge in [-0.25, -0.2) is 0 Å². The summed E-state index contributed by atoms with van der Waals surface area (Å²) in [6, 6.07) is 10.4. The number of unbranched alkanes of at least 4 members (excludes halogenated alkanes) is 3. The second kappa shape index (κ2) is 14.7. The third kappa shape index (κ3) is 10.3. The monoisotopic (exact) mass is 452 g/mol. The summed E-state index contributed by atoms with van der Waals surface area (Å²) in [5, 5.41) is 0. The summed E-state index contributed by atoms with van der Waals surface area (Å²) in [5.41, 5.74) is 1.24. The molecule has 0 bridgehead atoms. The molecule has 0 saturated carbocycles. The second-order valence-electron chi connectivity index (χ2n) is 7.52. The molecule has 1 nitrogen and oxygen atoms in total. The molecule has 1 aromatic carbocycles. The van der Waals surface area contributed by atoms with Gasteiger partial charge in [0.2, 0.25) is 0 Å². The van der Waals surface area contributed by atoms with Gasteiger partial charge in [0.25, 0.3) is 0 Å². The van der Waals surface area contributed by atoms with Crippen LogP contribution in [0.1, 0.15) is 71.3 Å². The van der Waals surface area contributed by atoms with Crippen LogP contribution in [0.15, 0.2) is 42.7 Å². The van der Waals surface area contributed by atoms with E-state index in [1.807, 2.05) is 6.26 Å². The van der Waals surface area contributed by atoms with Crippen LogP contribution in [0.3, 0.4) is 0 Å². The van der Waals surface area contributed by atoms with Gasteiger partial charge < -0.3 is 0 Å². The Morgan fingerprint density at radius 3 is 1.88 bits per heavy atom. The van der Waals surface area contributed by atoms with Gasteiger partial charge in [-0.3, -0.25) is 0 Å². The molecule has 0 aliphatic carbocycles. The van der Waals surface area contributed by atoms with Crippen molar-refractivity contribution in [1.82, 2.24) is 0 Å². The van der Waals surface area contributed by atoms with Crippen molar-refractivity contribution in [1.29, 1.82) is 0 Å². The molecule has 0 fully saturated rings. The van der Waals surface area contributed by atoms with E-state index in [-0.39, 0.29) is 0 Å². The molecule has 0 radical (unpaired) electrons. The Morgan fingerprint density at radius 1 is 0.800 bits per heavy atom. The average Bonchev–Trinajstić information content (AvgIpc) is 2.66. The molecule has 0 heterocycles. The van der Waals surface area contributed by atoms with Gasteiger partial charge >= 0.3 is 161 Å². The number of hydrogen-bond acceptors (Lipinski definition) is 1. The number of ether oxygens (including phenoxy) is 1. The van der Waals surface area contributed by atoms with E-state index in [1.165, 1.54) is 54.9 Å². The number of benzene rings is 1. The Balaban J connectivity index is 2.46. The summed E-state index contributed by atoms with van der Waals surface area (Å²) >= 11 is -1.93. The van der Waals surface area contributed by atoms with Gasteiger partial charge in [-0.2, -0.15) is 0 Å². The maximum atomic E-state index is 5.72. The molecule has 0 amide bonds. The predicted molar refractivity (Wildman–Crippen MR) is 115 cm³/mol. The summed E-state index contributed by atoms with van der Waals surface area (Å²) in [6.45, 7) is 7.75. The molecule has 1 rings (SSSR count). The third-order valence-corrected chi connectivity index (χ3v) is 21.3. The van der Waals surface area contributed by atoms with E-state index in [0.29, 0.717) is 6.61 Å². The quantitative estimate of drug-likeness (QED) is 0.194. The Bertz CT molecular complexity index is 419. The van der Waals surface area contributed by atoms with E-state index in [1.54, 1.807) is 13.3 Å². The van der Waals surface area contributed by atoms with Gasteiger partial charge in [-0.15, -0.1) is 0 Å². The molecule has 25 heavy (non-hydrogen) atoms. The first-order valence-corrected chi connectivity index (χ1v) is 18.6. The molecule has 2 heteroatoms. The van der Waals surface area contributed by atoms with Crippen LogP contribution in [0.4, 0.5) is 0 Å². The van der Waals surface area contributed by atoms with Crippen LogP contribution in [0.5, 0.6) is 0 Å². The molecule has 1 aromatic rings.